The maximum absolute atomic E-state index is 13.2. The fourth-order valence-electron chi connectivity index (χ4n) is 6.30. The minimum Gasteiger partial charge on any atom is -0.490 e. The molecular formula is C32H44N4O3. The molecule has 2 aromatic carbocycles. The molecule has 0 spiro atoms. The number of ether oxygens (including phenoxy) is 2. The summed E-state index contributed by atoms with van der Waals surface area (Å²) in [6, 6.07) is 12.8. The van der Waals surface area contributed by atoms with E-state index in [-0.39, 0.29) is 17.6 Å². The third kappa shape index (κ3) is 7.00. The summed E-state index contributed by atoms with van der Waals surface area (Å²) >= 11 is 0. The Bertz CT molecular complexity index is 1130. The van der Waals surface area contributed by atoms with Gasteiger partial charge in [-0.3, -0.25) is 10.2 Å². The summed E-state index contributed by atoms with van der Waals surface area (Å²) in [5.74, 6) is 0.671. The highest BCUT2D eigenvalue weighted by molar-refractivity contribution is 6.14. The molecule has 1 amide bonds. The molecule has 4 N–H and O–H groups in total. The number of piperidine rings is 1. The van der Waals surface area contributed by atoms with Gasteiger partial charge in [-0.2, -0.15) is 0 Å². The summed E-state index contributed by atoms with van der Waals surface area (Å²) < 4.78 is 12.8. The molecule has 0 bridgehead atoms. The van der Waals surface area contributed by atoms with Crippen LogP contribution in [0.15, 0.2) is 42.5 Å². The molecule has 7 nitrogen and oxygen atoms in total. The van der Waals surface area contributed by atoms with Gasteiger partial charge in [0.2, 0.25) is 0 Å². The number of hydrogen-bond donors (Lipinski definition) is 3. The number of likely N-dealkylation sites (tertiary alicyclic amines) is 1. The first-order valence-electron chi connectivity index (χ1n) is 14.8. The van der Waals surface area contributed by atoms with Crippen molar-refractivity contribution in [1.29, 1.82) is 5.41 Å². The second-order valence-electron chi connectivity index (χ2n) is 11.8. The van der Waals surface area contributed by atoms with Crippen molar-refractivity contribution < 1.29 is 14.3 Å². The number of carbonyl (C=O) groups excluding carboxylic acids is 1. The molecule has 1 saturated heterocycles. The van der Waals surface area contributed by atoms with Crippen LogP contribution in [0.5, 0.6) is 5.75 Å². The van der Waals surface area contributed by atoms with E-state index in [0.29, 0.717) is 35.2 Å². The van der Waals surface area contributed by atoms with Crippen LogP contribution in [0.4, 0.5) is 5.69 Å². The van der Waals surface area contributed by atoms with Gasteiger partial charge in [-0.15, -0.1) is 0 Å². The van der Waals surface area contributed by atoms with Crippen molar-refractivity contribution in [3.05, 3.63) is 59.2 Å². The van der Waals surface area contributed by atoms with Crippen LogP contribution in [0.2, 0.25) is 0 Å². The minimum absolute atomic E-state index is 0.147. The molecule has 39 heavy (non-hydrogen) atoms. The van der Waals surface area contributed by atoms with Crippen LogP contribution in [-0.4, -0.2) is 61.0 Å². The van der Waals surface area contributed by atoms with E-state index in [9.17, 15) is 4.79 Å². The van der Waals surface area contributed by atoms with Crippen molar-refractivity contribution in [2.45, 2.75) is 88.4 Å². The summed E-state index contributed by atoms with van der Waals surface area (Å²) in [7, 11) is 2.14. The van der Waals surface area contributed by atoms with Crippen molar-refractivity contribution in [3.63, 3.8) is 0 Å². The Morgan fingerprint density at radius 1 is 0.949 bits per heavy atom. The monoisotopic (exact) mass is 532 g/mol. The molecule has 5 rings (SSSR count). The number of carbonyl (C=O) groups is 1. The van der Waals surface area contributed by atoms with Crippen molar-refractivity contribution in [1.82, 2.24) is 10.2 Å². The SMILES string of the molecule is CN1CCC(Oc2ccc(C(=N)c3cc(C(=O)NCC4(OC5CCCC5)CCCCC4)ccc3N)cc2)CC1. The number of nitrogens with one attached hydrogen (secondary N) is 2. The van der Waals surface area contributed by atoms with Crippen LogP contribution in [-0.2, 0) is 4.74 Å². The smallest absolute Gasteiger partial charge is 0.251 e. The normalized spacial score (nSPS) is 20.5. The highest BCUT2D eigenvalue weighted by Crippen LogP contribution is 2.36. The molecule has 0 aromatic heterocycles. The Morgan fingerprint density at radius 2 is 1.62 bits per heavy atom. The predicted octanol–water partition coefficient (Wildman–Crippen LogP) is 5.55. The number of benzene rings is 2. The zero-order valence-electron chi connectivity index (χ0n) is 23.3. The summed E-state index contributed by atoms with van der Waals surface area (Å²) in [4.78, 5) is 15.6. The van der Waals surface area contributed by atoms with Gasteiger partial charge in [0.15, 0.2) is 0 Å². The average Bonchev–Trinajstić information content (AvgIpc) is 3.46. The maximum Gasteiger partial charge on any atom is 0.251 e. The molecule has 2 aromatic rings. The molecule has 3 fully saturated rings. The van der Waals surface area contributed by atoms with Crippen molar-refractivity contribution in [2.75, 3.05) is 32.4 Å². The van der Waals surface area contributed by atoms with Crippen LogP contribution < -0.4 is 15.8 Å². The van der Waals surface area contributed by atoms with Crippen molar-refractivity contribution >= 4 is 17.3 Å². The van der Waals surface area contributed by atoms with Crippen molar-refractivity contribution in [3.8, 4) is 5.75 Å². The number of amides is 1. The molecule has 1 aliphatic heterocycles. The van der Waals surface area contributed by atoms with Gasteiger partial charge in [0.05, 0.1) is 17.4 Å². The molecule has 3 aliphatic rings. The van der Waals surface area contributed by atoms with E-state index in [1.54, 1.807) is 18.2 Å². The zero-order chi connectivity index (χ0) is 27.2. The van der Waals surface area contributed by atoms with Gasteiger partial charge in [-0.25, -0.2) is 0 Å². The van der Waals surface area contributed by atoms with Gasteiger partial charge in [0, 0.05) is 42.0 Å². The van der Waals surface area contributed by atoms with Crippen molar-refractivity contribution in [2.24, 2.45) is 0 Å². The number of nitrogens with two attached hydrogens (primary N) is 1. The minimum atomic E-state index is -0.260. The molecule has 2 aliphatic carbocycles. The standard InChI is InChI=1S/C32H44N4O3/c1-36-19-15-26(16-20-36)38-25-12-9-23(10-13-25)30(34)28-21-24(11-14-29(28)33)31(37)35-22-32(17-5-2-6-18-32)39-27-7-3-4-8-27/h9-14,21,26-27,34H,2-8,15-20,22,33H2,1H3,(H,35,37). The van der Waals surface area contributed by atoms with Crippen LogP contribution in [0.3, 0.4) is 0 Å². The summed E-state index contributed by atoms with van der Waals surface area (Å²) in [5.41, 5.74) is 8.60. The average molecular weight is 533 g/mol. The number of nitrogens with zero attached hydrogens (tertiary/aromatic N) is 1. The van der Waals surface area contributed by atoms with E-state index in [1.807, 2.05) is 24.3 Å². The molecular weight excluding hydrogens is 488 g/mol. The Labute approximate surface area is 232 Å². The predicted molar refractivity (Wildman–Crippen MR) is 156 cm³/mol. The van der Waals surface area contributed by atoms with Crippen LogP contribution in [0, 0.1) is 5.41 Å². The first kappa shape index (κ1) is 27.7. The van der Waals surface area contributed by atoms with E-state index in [0.717, 1.165) is 75.8 Å². The lowest BCUT2D eigenvalue weighted by atomic mass is 9.84. The summed E-state index contributed by atoms with van der Waals surface area (Å²) in [6.07, 6.45) is 12.9. The van der Waals surface area contributed by atoms with Gasteiger partial charge in [0.25, 0.3) is 5.91 Å². The lowest BCUT2D eigenvalue weighted by Gasteiger charge is -2.39. The van der Waals surface area contributed by atoms with Gasteiger partial charge in [-0.1, -0.05) is 32.1 Å². The van der Waals surface area contributed by atoms with Gasteiger partial charge < -0.3 is 25.4 Å². The van der Waals surface area contributed by atoms with Gasteiger partial charge in [-0.05, 0) is 88.0 Å². The highest BCUT2D eigenvalue weighted by Gasteiger charge is 2.36. The molecule has 0 atom stereocenters. The third-order valence-electron chi connectivity index (χ3n) is 8.75. The van der Waals surface area contributed by atoms with Crippen LogP contribution in [0.25, 0.3) is 0 Å². The second kappa shape index (κ2) is 12.5. The van der Waals surface area contributed by atoms with Crippen LogP contribution >= 0.6 is 0 Å². The molecule has 0 unspecified atom stereocenters. The maximum atomic E-state index is 13.2. The van der Waals surface area contributed by atoms with E-state index in [4.69, 9.17) is 20.6 Å². The van der Waals surface area contributed by atoms with E-state index >= 15 is 0 Å². The first-order valence-corrected chi connectivity index (χ1v) is 14.8. The summed E-state index contributed by atoms with van der Waals surface area (Å²) in [5, 5.41) is 12.0. The third-order valence-corrected chi connectivity index (χ3v) is 8.75. The lowest BCUT2D eigenvalue weighted by Crippen LogP contribution is -2.48. The number of hydrogen-bond acceptors (Lipinski definition) is 6. The fraction of sp³-hybridized carbons (Fsp3) is 0.562. The number of nitrogen functional groups attached to an aromatic ring is 1. The largest absolute Gasteiger partial charge is 0.490 e. The Morgan fingerprint density at radius 3 is 2.31 bits per heavy atom. The molecule has 7 heteroatoms. The highest BCUT2D eigenvalue weighted by atomic mass is 16.5. The van der Waals surface area contributed by atoms with Gasteiger partial charge >= 0.3 is 0 Å². The number of rotatable bonds is 9. The quantitative estimate of drug-likeness (QED) is 0.290. The Balaban J connectivity index is 1.22. The topological polar surface area (TPSA) is 101 Å². The van der Waals surface area contributed by atoms with Crippen LogP contribution in [0.1, 0.15) is 92.1 Å². The molecule has 1 heterocycles. The fourth-order valence-corrected chi connectivity index (χ4v) is 6.30. The zero-order valence-corrected chi connectivity index (χ0v) is 23.3. The molecule has 2 saturated carbocycles. The lowest BCUT2D eigenvalue weighted by molar-refractivity contribution is -0.108. The Hall–Kier alpha value is -2.90. The van der Waals surface area contributed by atoms with E-state index in [2.05, 4.69) is 17.3 Å². The number of anilines is 1. The Kier molecular flexibility index (Phi) is 8.88. The molecule has 0 radical (unpaired) electrons. The molecule has 210 valence electrons. The summed E-state index contributed by atoms with van der Waals surface area (Å²) in [6.45, 7) is 2.62. The van der Waals surface area contributed by atoms with E-state index in [1.165, 1.54) is 19.3 Å². The second-order valence-corrected chi connectivity index (χ2v) is 11.8. The first-order chi connectivity index (χ1) is 18.9. The van der Waals surface area contributed by atoms with E-state index < -0.39 is 0 Å². The van der Waals surface area contributed by atoms with Gasteiger partial charge in [0.1, 0.15) is 11.9 Å².